The Morgan fingerprint density at radius 1 is 1.14 bits per heavy atom. The average molecular weight is 318 g/mol. The van der Waals surface area contributed by atoms with Crippen LogP contribution in [-0.2, 0) is 4.84 Å². The summed E-state index contributed by atoms with van der Waals surface area (Å²) in [7, 11) is 0. The Balaban J connectivity index is 1.76. The molecule has 6 heteroatoms. The first-order valence-corrected chi connectivity index (χ1v) is 7.21. The van der Waals surface area contributed by atoms with Gasteiger partial charge in [-0.3, -0.25) is 4.79 Å². The van der Waals surface area contributed by atoms with E-state index in [4.69, 9.17) is 16.4 Å². The van der Waals surface area contributed by atoms with E-state index in [1.807, 2.05) is 12.1 Å². The number of fused-ring (bicyclic) bond motifs is 1. The zero-order valence-corrected chi connectivity index (χ0v) is 12.1. The lowest BCUT2D eigenvalue weighted by atomic mass is 10.1. The van der Waals surface area contributed by atoms with Crippen molar-refractivity contribution in [1.29, 1.82) is 0 Å². The Hall–Kier alpha value is -2.11. The van der Waals surface area contributed by atoms with Gasteiger partial charge in [0.15, 0.2) is 5.04 Å². The Morgan fingerprint density at radius 3 is 2.71 bits per heavy atom. The first-order valence-electron chi connectivity index (χ1n) is 6.01. The van der Waals surface area contributed by atoms with Gasteiger partial charge in [-0.1, -0.05) is 46.7 Å². The number of carbonyl (C=O) groups excluding carboxylic acids is 2. The molecule has 4 nitrogen and oxygen atoms in total. The lowest BCUT2D eigenvalue weighted by Gasteiger charge is -1.99. The second-order valence-corrected chi connectivity index (χ2v) is 5.68. The van der Waals surface area contributed by atoms with Gasteiger partial charge in [-0.2, -0.15) is 0 Å². The van der Waals surface area contributed by atoms with E-state index < -0.39 is 5.97 Å². The van der Waals surface area contributed by atoms with Crippen molar-refractivity contribution in [3.8, 4) is 0 Å². The molecule has 0 amide bonds. The van der Waals surface area contributed by atoms with Crippen molar-refractivity contribution in [2.45, 2.75) is 4.90 Å². The smallest absolute Gasteiger partial charge is 0.312 e. The van der Waals surface area contributed by atoms with Crippen LogP contribution in [0, 0.1) is 0 Å². The Kier molecular flexibility index (Phi) is 3.77. The molecule has 0 radical (unpaired) electrons. The minimum absolute atomic E-state index is 0.145. The highest BCUT2D eigenvalue weighted by molar-refractivity contribution is 8.16. The molecule has 21 heavy (non-hydrogen) atoms. The molecule has 0 aliphatic carbocycles. The van der Waals surface area contributed by atoms with Crippen molar-refractivity contribution in [2.75, 3.05) is 0 Å². The molecular weight excluding hydrogens is 310 g/mol. The van der Waals surface area contributed by atoms with Gasteiger partial charge in [0.2, 0.25) is 5.78 Å². The van der Waals surface area contributed by atoms with Crippen LogP contribution in [0.2, 0.25) is 5.02 Å². The Labute approximate surface area is 129 Å². The minimum atomic E-state index is -0.658. The third-order valence-corrected chi connectivity index (χ3v) is 4.07. The average Bonchev–Trinajstić information content (AvgIpc) is 2.82. The lowest BCUT2D eigenvalue weighted by Crippen LogP contribution is -2.07. The molecule has 1 aliphatic heterocycles. The molecule has 0 fully saturated rings. The number of Topliss-reactive ketones (excluding diaryl/α,β-unsaturated/α-hetero) is 1. The predicted octanol–water partition coefficient (Wildman–Crippen LogP) is 3.80. The van der Waals surface area contributed by atoms with E-state index in [1.165, 1.54) is 17.8 Å². The number of rotatable bonds is 2. The van der Waals surface area contributed by atoms with Crippen LogP contribution in [0.5, 0.6) is 0 Å². The summed E-state index contributed by atoms with van der Waals surface area (Å²) in [5, 5.41) is 4.23. The maximum absolute atomic E-state index is 12.0. The summed E-state index contributed by atoms with van der Waals surface area (Å²) in [5.41, 5.74) is 0.847. The predicted molar refractivity (Wildman–Crippen MR) is 80.9 cm³/mol. The van der Waals surface area contributed by atoms with Gasteiger partial charge in [0.25, 0.3) is 0 Å². The van der Waals surface area contributed by atoms with Crippen LogP contribution in [0.15, 0.2) is 58.6 Å². The van der Waals surface area contributed by atoms with Crippen molar-refractivity contribution in [2.24, 2.45) is 5.16 Å². The molecule has 0 spiro atoms. The Bertz CT molecular complexity index is 773. The molecule has 0 bridgehead atoms. The highest BCUT2D eigenvalue weighted by Gasteiger charge is 2.28. The number of hydrogen-bond acceptors (Lipinski definition) is 5. The van der Waals surface area contributed by atoms with Gasteiger partial charge in [0, 0.05) is 15.5 Å². The van der Waals surface area contributed by atoms with E-state index in [0.717, 1.165) is 4.90 Å². The fraction of sp³-hybridized carbons (Fsp3) is 0. The maximum Gasteiger partial charge on any atom is 0.365 e. The summed E-state index contributed by atoms with van der Waals surface area (Å²) >= 11 is 6.98. The molecule has 0 saturated carbocycles. The third-order valence-electron chi connectivity index (χ3n) is 2.80. The molecule has 1 aliphatic rings. The SMILES string of the molecule is O=C(O/N=C1\Sc2ccccc2C1=O)c1cccc(Cl)c1. The highest BCUT2D eigenvalue weighted by Crippen LogP contribution is 2.33. The van der Waals surface area contributed by atoms with E-state index in [1.54, 1.807) is 30.3 Å². The maximum atomic E-state index is 12.0. The molecule has 0 aromatic heterocycles. The molecular formula is C15H8ClNO3S. The summed E-state index contributed by atoms with van der Waals surface area (Å²) in [4.78, 5) is 29.5. The van der Waals surface area contributed by atoms with Crippen LogP contribution in [0.1, 0.15) is 20.7 Å². The number of benzene rings is 2. The highest BCUT2D eigenvalue weighted by atomic mass is 35.5. The van der Waals surface area contributed by atoms with Crippen molar-refractivity contribution < 1.29 is 14.4 Å². The van der Waals surface area contributed by atoms with E-state index in [-0.39, 0.29) is 16.4 Å². The third kappa shape index (κ3) is 2.84. The summed E-state index contributed by atoms with van der Waals surface area (Å²) < 4.78 is 0. The molecule has 0 N–H and O–H groups in total. The van der Waals surface area contributed by atoms with Crippen molar-refractivity contribution in [3.63, 3.8) is 0 Å². The van der Waals surface area contributed by atoms with E-state index in [0.29, 0.717) is 10.6 Å². The van der Waals surface area contributed by atoms with Gasteiger partial charge < -0.3 is 4.84 Å². The standard InChI is InChI=1S/C15H8ClNO3S/c16-10-5-3-4-9(8-10)15(19)20-17-14-13(18)11-6-1-2-7-12(11)21-14/h1-8H/b17-14-. The Morgan fingerprint density at radius 2 is 1.95 bits per heavy atom. The summed E-state index contributed by atoms with van der Waals surface area (Å²) in [5.74, 6) is -0.899. The number of carbonyl (C=O) groups is 2. The second-order valence-electron chi connectivity index (χ2n) is 4.21. The van der Waals surface area contributed by atoms with Gasteiger partial charge in [-0.25, -0.2) is 4.79 Å². The number of thioether (sulfide) groups is 1. The molecule has 3 rings (SSSR count). The molecule has 1 heterocycles. The van der Waals surface area contributed by atoms with Crippen LogP contribution in [0.3, 0.4) is 0 Å². The molecule has 0 atom stereocenters. The first kappa shape index (κ1) is 13.9. The summed E-state index contributed by atoms with van der Waals surface area (Å²) in [6.07, 6.45) is 0. The molecule has 0 saturated heterocycles. The van der Waals surface area contributed by atoms with Crippen molar-refractivity contribution in [1.82, 2.24) is 0 Å². The molecule has 2 aromatic rings. The van der Waals surface area contributed by atoms with Gasteiger partial charge >= 0.3 is 5.97 Å². The largest absolute Gasteiger partial charge is 0.365 e. The first-order chi connectivity index (χ1) is 10.1. The number of nitrogens with zero attached hydrogens (tertiary/aromatic N) is 1. The summed E-state index contributed by atoms with van der Waals surface area (Å²) in [6, 6.07) is 13.5. The monoisotopic (exact) mass is 317 g/mol. The molecule has 2 aromatic carbocycles. The normalized spacial score (nSPS) is 15.1. The van der Waals surface area contributed by atoms with Crippen LogP contribution in [0.25, 0.3) is 0 Å². The zero-order valence-electron chi connectivity index (χ0n) is 10.6. The number of halogens is 1. The van der Waals surface area contributed by atoms with Gasteiger partial charge in [-0.05, 0) is 30.3 Å². The molecule has 104 valence electrons. The van der Waals surface area contributed by atoms with Gasteiger partial charge in [0.05, 0.1) is 5.56 Å². The van der Waals surface area contributed by atoms with E-state index in [2.05, 4.69) is 5.16 Å². The van der Waals surface area contributed by atoms with E-state index >= 15 is 0 Å². The van der Waals surface area contributed by atoms with Crippen molar-refractivity contribution >= 4 is 40.2 Å². The summed E-state index contributed by atoms with van der Waals surface area (Å²) in [6.45, 7) is 0. The lowest BCUT2D eigenvalue weighted by molar-refractivity contribution is 0.0517. The molecule has 0 unspecified atom stereocenters. The fourth-order valence-corrected chi connectivity index (χ4v) is 2.91. The topological polar surface area (TPSA) is 55.7 Å². The van der Waals surface area contributed by atoms with Crippen LogP contribution in [-0.4, -0.2) is 16.8 Å². The fourth-order valence-electron chi connectivity index (χ4n) is 1.82. The van der Waals surface area contributed by atoms with E-state index in [9.17, 15) is 9.59 Å². The quantitative estimate of drug-likeness (QED) is 0.624. The van der Waals surface area contributed by atoms with Gasteiger partial charge in [-0.15, -0.1) is 0 Å². The van der Waals surface area contributed by atoms with Crippen molar-refractivity contribution in [3.05, 3.63) is 64.7 Å². The van der Waals surface area contributed by atoms with Crippen LogP contribution < -0.4 is 0 Å². The number of hydrogen-bond donors (Lipinski definition) is 0. The van der Waals surface area contributed by atoms with Crippen LogP contribution >= 0.6 is 23.4 Å². The number of ketones is 1. The number of oxime groups is 1. The van der Waals surface area contributed by atoms with Gasteiger partial charge in [0.1, 0.15) is 0 Å². The second kappa shape index (κ2) is 5.71. The zero-order chi connectivity index (χ0) is 14.8. The van der Waals surface area contributed by atoms with Crippen LogP contribution in [0.4, 0.5) is 0 Å². The minimum Gasteiger partial charge on any atom is -0.312 e.